The Morgan fingerprint density at radius 1 is 1.38 bits per heavy atom. The van der Waals surface area contributed by atoms with Gasteiger partial charge in [0.1, 0.15) is 5.69 Å². The number of nitrogens with two attached hydrogens (primary N) is 1. The summed E-state index contributed by atoms with van der Waals surface area (Å²) in [6, 6.07) is 9.54. The Labute approximate surface area is 157 Å². The summed E-state index contributed by atoms with van der Waals surface area (Å²) in [5.74, 6) is -0.433. The molecule has 26 heavy (non-hydrogen) atoms. The minimum atomic E-state index is -0.535. The van der Waals surface area contributed by atoms with Crippen LogP contribution in [0, 0.1) is 10.1 Å². The second-order valence-corrected chi connectivity index (χ2v) is 6.30. The van der Waals surface area contributed by atoms with E-state index in [1.807, 2.05) is 37.3 Å². The SMILES string of the molecule is CCCc1[nH]nc(C(=O)N2C[C@@H](N)[C@H](c3ccccc3)C2)c1[N+](=O)[O-].Cl. The molecule has 0 aliphatic carbocycles. The Balaban J connectivity index is 0.00000243. The molecule has 2 aromatic rings. The number of carbonyl (C=O) groups excluding carboxylic acids is 1. The van der Waals surface area contributed by atoms with Gasteiger partial charge in [-0.3, -0.25) is 20.0 Å². The monoisotopic (exact) mass is 379 g/mol. The van der Waals surface area contributed by atoms with Crippen LogP contribution >= 0.6 is 12.4 Å². The Morgan fingerprint density at radius 2 is 2.08 bits per heavy atom. The van der Waals surface area contributed by atoms with Gasteiger partial charge in [0.2, 0.25) is 5.69 Å². The van der Waals surface area contributed by atoms with E-state index < -0.39 is 10.8 Å². The van der Waals surface area contributed by atoms with Crippen molar-refractivity contribution in [1.82, 2.24) is 15.1 Å². The van der Waals surface area contributed by atoms with E-state index in [0.29, 0.717) is 25.2 Å². The summed E-state index contributed by atoms with van der Waals surface area (Å²) in [4.78, 5) is 25.2. The van der Waals surface area contributed by atoms with Crippen molar-refractivity contribution in [1.29, 1.82) is 0 Å². The Kier molecular flexibility index (Phi) is 6.33. The van der Waals surface area contributed by atoms with Crippen molar-refractivity contribution in [2.75, 3.05) is 13.1 Å². The van der Waals surface area contributed by atoms with Gasteiger partial charge in [-0.25, -0.2) is 0 Å². The number of amides is 1. The summed E-state index contributed by atoms with van der Waals surface area (Å²) < 4.78 is 0. The van der Waals surface area contributed by atoms with Crippen LogP contribution in [0.3, 0.4) is 0 Å². The molecule has 0 saturated carbocycles. The van der Waals surface area contributed by atoms with Gasteiger partial charge in [-0.05, 0) is 12.0 Å². The number of likely N-dealkylation sites (tertiary alicyclic amines) is 1. The van der Waals surface area contributed by atoms with Crippen LogP contribution in [0.2, 0.25) is 0 Å². The minimum absolute atomic E-state index is 0. The van der Waals surface area contributed by atoms with Crippen molar-refractivity contribution in [2.24, 2.45) is 5.73 Å². The number of rotatable bonds is 5. The fourth-order valence-electron chi connectivity index (χ4n) is 3.34. The molecule has 1 aliphatic heterocycles. The van der Waals surface area contributed by atoms with Crippen LogP contribution in [0.25, 0.3) is 0 Å². The molecule has 1 aliphatic rings. The van der Waals surface area contributed by atoms with Gasteiger partial charge >= 0.3 is 5.69 Å². The molecule has 1 fully saturated rings. The van der Waals surface area contributed by atoms with E-state index in [0.717, 1.165) is 12.0 Å². The van der Waals surface area contributed by atoms with Crippen LogP contribution in [0.1, 0.15) is 41.0 Å². The molecular formula is C17H22ClN5O3. The third-order valence-corrected chi connectivity index (χ3v) is 4.58. The molecule has 2 heterocycles. The molecule has 3 N–H and O–H groups in total. The van der Waals surface area contributed by atoms with Crippen molar-refractivity contribution in [3.63, 3.8) is 0 Å². The lowest BCUT2D eigenvalue weighted by molar-refractivity contribution is -0.385. The van der Waals surface area contributed by atoms with Crippen molar-refractivity contribution in [3.05, 3.63) is 57.4 Å². The number of benzene rings is 1. The molecule has 0 radical (unpaired) electrons. The van der Waals surface area contributed by atoms with E-state index in [2.05, 4.69) is 10.2 Å². The van der Waals surface area contributed by atoms with Crippen molar-refractivity contribution in [3.8, 4) is 0 Å². The molecule has 1 aromatic heterocycles. The molecule has 0 unspecified atom stereocenters. The number of halogens is 1. The number of H-pyrrole nitrogens is 1. The number of nitrogens with one attached hydrogen (secondary N) is 1. The first-order valence-electron chi connectivity index (χ1n) is 8.34. The van der Waals surface area contributed by atoms with E-state index in [9.17, 15) is 14.9 Å². The maximum atomic E-state index is 12.8. The van der Waals surface area contributed by atoms with E-state index in [4.69, 9.17) is 5.73 Å². The van der Waals surface area contributed by atoms with Crippen molar-refractivity contribution < 1.29 is 9.72 Å². The summed E-state index contributed by atoms with van der Waals surface area (Å²) in [5, 5.41) is 18.0. The predicted octanol–water partition coefficient (Wildman–Crippen LogP) is 2.26. The summed E-state index contributed by atoms with van der Waals surface area (Å²) in [6.45, 7) is 2.69. The first-order valence-corrected chi connectivity index (χ1v) is 8.34. The molecule has 1 aromatic carbocycles. The highest BCUT2D eigenvalue weighted by molar-refractivity contribution is 5.96. The number of aromatic amines is 1. The zero-order chi connectivity index (χ0) is 18.0. The maximum Gasteiger partial charge on any atom is 0.322 e. The smallest absolute Gasteiger partial charge is 0.322 e. The number of nitro groups is 1. The molecule has 2 atom stereocenters. The number of nitrogens with zero attached hydrogens (tertiary/aromatic N) is 3. The third-order valence-electron chi connectivity index (χ3n) is 4.58. The average molecular weight is 380 g/mol. The van der Waals surface area contributed by atoms with Crippen molar-refractivity contribution in [2.45, 2.75) is 31.7 Å². The second kappa shape index (κ2) is 8.29. The van der Waals surface area contributed by atoms with Crippen molar-refractivity contribution >= 4 is 24.0 Å². The Bertz CT molecular complexity index is 780. The van der Waals surface area contributed by atoms with Crippen LogP contribution < -0.4 is 5.73 Å². The highest BCUT2D eigenvalue weighted by Gasteiger charge is 2.38. The molecule has 3 rings (SSSR count). The molecule has 9 heteroatoms. The molecule has 1 saturated heterocycles. The van der Waals surface area contributed by atoms with E-state index in [1.165, 1.54) is 0 Å². The van der Waals surface area contributed by atoms with Gasteiger partial charge in [0.15, 0.2) is 0 Å². The lowest BCUT2D eigenvalue weighted by Crippen LogP contribution is -2.32. The fourth-order valence-corrected chi connectivity index (χ4v) is 3.34. The summed E-state index contributed by atoms with van der Waals surface area (Å²) in [5.41, 5.74) is 7.31. The van der Waals surface area contributed by atoms with Crippen LogP contribution in [0.15, 0.2) is 30.3 Å². The number of hydrogen-bond acceptors (Lipinski definition) is 5. The standard InChI is InChI=1S/C17H21N5O3.ClH/c1-2-6-14-16(22(24)25)15(20-19-14)17(23)21-9-12(13(18)10-21)11-7-4-3-5-8-11;/h3-5,7-8,12-13H,2,6,9-10,18H2,1H3,(H,19,20);1H/t12-,13+;/m0./s1. The van der Waals surface area contributed by atoms with Gasteiger partial charge in [-0.15, -0.1) is 12.4 Å². The molecule has 0 bridgehead atoms. The lowest BCUT2D eigenvalue weighted by atomic mass is 9.95. The molecule has 8 nitrogen and oxygen atoms in total. The topological polar surface area (TPSA) is 118 Å². The van der Waals surface area contributed by atoms with E-state index >= 15 is 0 Å². The predicted molar refractivity (Wildman–Crippen MR) is 99.5 cm³/mol. The number of aromatic nitrogens is 2. The normalized spacial score (nSPS) is 19.2. The lowest BCUT2D eigenvalue weighted by Gasteiger charge is -2.15. The van der Waals surface area contributed by atoms with Gasteiger partial charge in [0.25, 0.3) is 5.91 Å². The van der Waals surface area contributed by atoms with Gasteiger partial charge < -0.3 is 10.6 Å². The van der Waals surface area contributed by atoms with Gasteiger partial charge in [-0.1, -0.05) is 43.7 Å². The van der Waals surface area contributed by atoms with E-state index in [1.54, 1.807) is 4.90 Å². The Morgan fingerprint density at radius 3 is 2.69 bits per heavy atom. The zero-order valence-electron chi connectivity index (χ0n) is 14.4. The molecular weight excluding hydrogens is 358 g/mol. The van der Waals surface area contributed by atoms with Gasteiger partial charge in [0, 0.05) is 25.0 Å². The quantitative estimate of drug-likeness (QED) is 0.610. The molecule has 0 spiro atoms. The summed E-state index contributed by atoms with van der Waals surface area (Å²) in [6.07, 6.45) is 1.20. The van der Waals surface area contributed by atoms with Crippen LogP contribution in [-0.4, -0.2) is 45.1 Å². The van der Waals surface area contributed by atoms with Crippen LogP contribution in [0.4, 0.5) is 5.69 Å². The van der Waals surface area contributed by atoms with Crippen LogP contribution in [-0.2, 0) is 6.42 Å². The largest absolute Gasteiger partial charge is 0.335 e. The number of aryl methyl sites for hydroxylation is 1. The first-order chi connectivity index (χ1) is 12.0. The molecule has 140 valence electrons. The molecule has 1 amide bonds. The van der Waals surface area contributed by atoms with Gasteiger partial charge in [0.05, 0.1) is 4.92 Å². The number of hydrogen-bond donors (Lipinski definition) is 2. The first kappa shape index (κ1) is 19.9. The van der Waals surface area contributed by atoms with Gasteiger partial charge in [-0.2, -0.15) is 5.10 Å². The zero-order valence-corrected chi connectivity index (χ0v) is 15.2. The number of carbonyl (C=O) groups is 1. The third kappa shape index (κ3) is 3.71. The minimum Gasteiger partial charge on any atom is -0.335 e. The fraction of sp³-hybridized carbons (Fsp3) is 0.412. The highest BCUT2D eigenvalue weighted by atomic mass is 35.5. The van der Waals surface area contributed by atoms with Crippen LogP contribution in [0.5, 0.6) is 0 Å². The maximum absolute atomic E-state index is 12.8. The van der Waals surface area contributed by atoms with E-state index in [-0.39, 0.29) is 35.7 Å². The summed E-state index contributed by atoms with van der Waals surface area (Å²) >= 11 is 0. The second-order valence-electron chi connectivity index (χ2n) is 6.30. The Hall–Kier alpha value is -2.45. The summed E-state index contributed by atoms with van der Waals surface area (Å²) in [7, 11) is 0. The average Bonchev–Trinajstić information content (AvgIpc) is 3.19. The highest BCUT2D eigenvalue weighted by Crippen LogP contribution is 2.30.